The van der Waals surface area contributed by atoms with Crippen LogP contribution in [0.1, 0.15) is 0 Å². The maximum Gasteiger partial charge on any atom is 0.229 e. The summed E-state index contributed by atoms with van der Waals surface area (Å²) in [5.74, 6) is 0.0487. The number of phenols is 1. The molecular weight excluding hydrogens is 251 g/mol. The predicted octanol–water partition coefficient (Wildman–Crippen LogP) is -1.17. The Morgan fingerprint density at radius 1 is 1.17 bits per heavy atom. The Balaban J connectivity index is 0.00000162. The number of phenolic OH excluding ortho intramolecular Hbond substituents is 1. The average Bonchev–Trinajstić information content (AvgIpc) is 2.60. The minimum absolute atomic E-state index is 0. The van der Waals surface area contributed by atoms with Crippen LogP contribution in [0.15, 0.2) is 24.3 Å². The molecule has 1 aromatic rings. The minimum atomic E-state index is -1.27. The van der Waals surface area contributed by atoms with Gasteiger partial charge in [0.1, 0.15) is 18.3 Å². The quantitative estimate of drug-likeness (QED) is 0.514. The van der Waals surface area contributed by atoms with E-state index < -0.39 is 31.2 Å². The number of para-hydroxylation sites is 2. The molecular formula is C11H14NaO6. The molecule has 0 amide bonds. The van der Waals surface area contributed by atoms with Crippen molar-refractivity contribution < 1.29 is 29.9 Å². The molecule has 0 unspecified atom stereocenters. The Kier molecular flexibility index (Phi) is 5.87. The van der Waals surface area contributed by atoms with Gasteiger partial charge in [0.25, 0.3) is 0 Å². The van der Waals surface area contributed by atoms with Gasteiger partial charge in [-0.1, -0.05) is 12.1 Å². The largest absolute Gasteiger partial charge is 0.504 e. The van der Waals surface area contributed by atoms with Crippen molar-refractivity contribution in [3.63, 3.8) is 0 Å². The molecule has 0 bridgehead atoms. The second kappa shape index (κ2) is 6.72. The summed E-state index contributed by atoms with van der Waals surface area (Å²) in [6.45, 7) is -0.418. The zero-order valence-electron chi connectivity index (χ0n) is 9.93. The summed E-state index contributed by atoms with van der Waals surface area (Å²) in [6, 6.07) is 6.20. The van der Waals surface area contributed by atoms with Gasteiger partial charge in [0.2, 0.25) is 6.29 Å². The molecule has 1 saturated heterocycles. The van der Waals surface area contributed by atoms with Crippen molar-refractivity contribution in [1.82, 2.24) is 0 Å². The van der Waals surface area contributed by atoms with Gasteiger partial charge in [-0.05, 0) is 12.1 Å². The van der Waals surface area contributed by atoms with E-state index in [4.69, 9.17) is 14.6 Å². The van der Waals surface area contributed by atoms with E-state index in [1.54, 1.807) is 12.1 Å². The SMILES string of the molecule is OC[C@H]1O[C@@H](Oc2ccccc2O)[C@H](O)[C@@H]1O.[Na]. The molecule has 7 heteroatoms. The fourth-order valence-electron chi connectivity index (χ4n) is 1.64. The molecule has 1 aliphatic rings. The summed E-state index contributed by atoms with van der Waals surface area (Å²) < 4.78 is 10.3. The van der Waals surface area contributed by atoms with E-state index in [1.807, 2.05) is 0 Å². The third-order valence-corrected chi connectivity index (χ3v) is 2.61. The van der Waals surface area contributed by atoms with Crippen LogP contribution in [-0.2, 0) is 4.74 Å². The van der Waals surface area contributed by atoms with Crippen LogP contribution in [0.2, 0.25) is 0 Å². The van der Waals surface area contributed by atoms with Crippen molar-refractivity contribution >= 4 is 29.6 Å². The molecule has 1 aromatic carbocycles. The minimum Gasteiger partial charge on any atom is -0.504 e. The van der Waals surface area contributed by atoms with Gasteiger partial charge in [0.05, 0.1) is 6.61 Å². The van der Waals surface area contributed by atoms with Gasteiger partial charge in [0, 0.05) is 29.6 Å². The van der Waals surface area contributed by atoms with Crippen LogP contribution in [0.25, 0.3) is 0 Å². The Hall–Kier alpha value is -0.340. The van der Waals surface area contributed by atoms with Crippen molar-refractivity contribution in [3.8, 4) is 11.5 Å². The molecule has 0 saturated carbocycles. The summed E-state index contributed by atoms with van der Waals surface area (Å²) >= 11 is 0. The van der Waals surface area contributed by atoms with Gasteiger partial charge in [0.15, 0.2) is 11.5 Å². The zero-order valence-corrected chi connectivity index (χ0v) is 11.9. The first kappa shape index (κ1) is 15.7. The van der Waals surface area contributed by atoms with Gasteiger partial charge in [-0.2, -0.15) is 0 Å². The maximum absolute atomic E-state index is 9.62. The third kappa shape index (κ3) is 3.16. The molecule has 6 nitrogen and oxygen atoms in total. The second-order valence-corrected chi connectivity index (χ2v) is 3.79. The van der Waals surface area contributed by atoms with Crippen molar-refractivity contribution in [2.75, 3.05) is 6.61 Å². The Morgan fingerprint density at radius 2 is 1.83 bits per heavy atom. The molecule has 2 rings (SSSR count). The summed E-state index contributed by atoms with van der Waals surface area (Å²) in [6.07, 6.45) is -4.49. The van der Waals surface area contributed by atoms with E-state index in [2.05, 4.69) is 0 Å². The normalized spacial score (nSPS) is 30.8. The van der Waals surface area contributed by atoms with Crippen LogP contribution >= 0.6 is 0 Å². The smallest absolute Gasteiger partial charge is 0.229 e. The van der Waals surface area contributed by atoms with Gasteiger partial charge in [-0.3, -0.25) is 0 Å². The molecule has 1 heterocycles. The van der Waals surface area contributed by atoms with Gasteiger partial charge < -0.3 is 29.9 Å². The number of ether oxygens (including phenoxy) is 2. The molecule has 18 heavy (non-hydrogen) atoms. The first-order valence-corrected chi connectivity index (χ1v) is 5.20. The standard InChI is InChI=1S/C11H14O6.Na/c12-5-8-9(14)10(15)11(17-8)16-7-4-2-1-3-6(7)13;/h1-4,8-15H,5H2;/t8-,9-,10-,11-;/m1./s1. The molecule has 0 aromatic heterocycles. The van der Waals surface area contributed by atoms with Gasteiger partial charge in [-0.15, -0.1) is 0 Å². The number of aliphatic hydroxyl groups is 3. The number of rotatable bonds is 3. The van der Waals surface area contributed by atoms with Crippen LogP contribution in [0.4, 0.5) is 0 Å². The van der Waals surface area contributed by atoms with Gasteiger partial charge >= 0.3 is 0 Å². The molecule has 4 N–H and O–H groups in total. The molecule has 1 aliphatic heterocycles. The number of benzene rings is 1. The Morgan fingerprint density at radius 3 is 2.39 bits per heavy atom. The van der Waals surface area contributed by atoms with E-state index in [0.717, 1.165) is 0 Å². The monoisotopic (exact) mass is 265 g/mol. The molecule has 0 spiro atoms. The number of aliphatic hydroxyl groups excluding tert-OH is 3. The third-order valence-electron chi connectivity index (χ3n) is 2.61. The predicted molar refractivity (Wildman–Crippen MR) is 62.2 cm³/mol. The Labute approximate surface area is 126 Å². The summed E-state index contributed by atoms with van der Waals surface area (Å²) in [4.78, 5) is 0. The molecule has 1 radical (unpaired) electrons. The van der Waals surface area contributed by atoms with Crippen LogP contribution in [-0.4, -0.2) is 81.2 Å². The average molecular weight is 265 g/mol. The van der Waals surface area contributed by atoms with E-state index in [9.17, 15) is 15.3 Å². The van der Waals surface area contributed by atoms with E-state index in [0.29, 0.717) is 0 Å². The number of hydrogen-bond acceptors (Lipinski definition) is 6. The summed E-state index contributed by atoms with van der Waals surface area (Å²) in [5.41, 5.74) is 0. The molecule has 0 aliphatic carbocycles. The van der Waals surface area contributed by atoms with Crippen molar-refractivity contribution in [3.05, 3.63) is 24.3 Å². The summed E-state index contributed by atoms with van der Waals surface area (Å²) in [5, 5.41) is 37.5. The van der Waals surface area contributed by atoms with E-state index in [1.165, 1.54) is 12.1 Å². The zero-order chi connectivity index (χ0) is 12.4. The molecule has 4 atom stereocenters. The van der Waals surface area contributed by atoms with Crippen molar-refractivity contribution in [1.29, 1.82) is 0 Å². The van der Waals surface area contributed by atoms with Gasteiger partial charge in [-0.25, -0.2) is 0 Å². The first-order valence-electron chi connectivity index (χ1n) is 5.20. The topological polar surface area (TPSA) is 99.4 Å². The fourth-order valence-corrected chi connectivity index (χ4v) is 1.64. The summed E-state index contributed by atoms with van der Waals surface area (Å²) in [7, 11) is 0. The Bertz CT molecular complexity index is 388. The van der Waals surface area contributed by atoms with Crippen LogP contribution in [0.3, 0.4) is 0 Å². The molecule has 1 fully saturated rings. The first-order chi connectivity index (χ1) is 8.13. The van der Waals surface area contributed by atoms with Crippen LogP contribution in [0, 0.1) is 0 Å². The van der Waals surface area contributed by atoms with Crippen molar-refractivity contribution in [2.45, 2.75) is 24.6 Å². The molecule has 95 valence electrons. The fraction of sp³-hybridized carbons (Fsp3) is 0.455. The van der Waals surface area contributed by atoms with E-state index in [-0.39, 0.29) is 41.1 Å². The second-order valence-electron chi connectivity index (χ2n) is 3.79. The number of aromatic hydroxyl groups is 1. The maximum atomic E-state index is 9.62. The van der Waals surface area contributed by atoms with Crippen molar-refractivity contribution in [2.24, 2.45) is 0 Å². The van der Waals surface area contributed by atoms with Crippen LogP contribution in [0.5, 0.6) is 11.5 Å². The number of hydrogen-bond donors (Lipinski definition) is 4. The van der Waals surface area contributed by atoms with Crippen LogP contribution < -0.4 is 4.74 Å². The van der Waals surface area contributed by atoms with E-state index >= 15 is 0 Å².